The highest BCUT2D eigenvalue weighted by molar-refractivity contribution is 9.10. The fourth-order valence-electron chi connectivity index (χ4n) is 2.14. The zero-order chi connectivity index (χ0) is 14.1. The summed E-state index contributed by atoms with van der Waals surface area (Å²) >= 11 is 3.56. The van der Waals surface area contributed by atoms with E-state index in [4.69, 9.17) is 5.73 Å². The van der Waals surface area contributed by atoms with E-state index in [1.54, 1.807) is 10.9 Å². The summed E-state index contributed by atoms with van der Waals surface area (Å²) < 4.78 is 2.66. The molecule has 0 atom stereocenters. The molecule has 0 aliphatic rings. The van der Waals surface area contributed by atoms with Gasteiger partial charge >= 0.3 is 0 Å². The lowest BCUT2D eigenvalue weighted by Crippen LogP contribution is -1.98. The first kappa shape index (κ1) is 12.9. The van der Waals surface area contributed by atoms with Crippen LogP contribution in [0.15, 0.2) is 53.1 Å². The van der Waals surface area contributed by atoms with Crippen molar-refractivity contribution in [2.24, 2.45) is 7.05 Å². The molecule has 3 aromatic rings. The van der Waals surface area contributed by atoms with Crippen molar-refractivity contribution in [3.05, 3.63) is 53.1 Å². The molecule has 4 nitrogen and oxygen atoms in total. The van der Waals surface area contributed by atoms with Gasteiger partial charge in [-0.1, -0.05) is 40.2 Å². The normalized spacial score (nSPS) is 10.7. The Balaban J connectivity index is 2.28. The molecule has 5 heteroatoms. The van der Waals surface area contributed by atoms with Crippen molar-refractivity contribution in [1.29, 1.82) is 0 Å². The standard InChI is InChI=1S/C15H13BrN4/c1-20-15(17)13(12-8-4-5-9-18-12)14(19-20)10-6-2-3-7-11(10)16/h2-9H,17H2,1H3. The maximum Gasteiger partial charge on any atom is 0.131 e. The van der Waals surface area contributed by atoms with Gasteiger partial charge in [-0.2, -0.15) is 5.10 Å². The molecule has 2 aromatic heterocycles. The minimum absolute atomic E-state index is 0.606. The van der Waals surface area contributed by atoms with Crippen molar-refractivity contribution in [1.82, 2.24) is 14.8 Å². The minimum Gasteiger partial charge on any atom is -0.383 e. The van der Waals surface area contributed by atoms with Gasteiger partial charge in [-0.15, -0.1) is 0 Å². The monoisotopic (exact) mass is 328 g/mol. The summed E-state index contributed by atoms with van der Waals surface area (Å²) in [4.78, 5) is 4.39. The molecule has 0 bridgehead atoms. The van der Waals surface area contributed by atoms with E-state index in [9.17, 15) is 0 Å². The average Bonchev–Trinajstić information content (AvgIpc) is 2.76. The number of nitrogens with zero attached hydrogens (tertiary/aromatic N) is 3. The van der Waals surface area contributed by atoms with E-state index in [-0.39, 0.29) is 0 Å². The molecule has 2 heterocycles. The summed E-state index contributed by atoms with van der Waals surface area (Å²) in [6, 6.07) is 13.7. The highest BCUT2D eigenvalue weighted by atomic mass is 79.9. The number of hydrogen-bond acceptors (Lipinski definition) is 3. The predicted molar refractivity (Wildman–Crippen MR) is 84.0 cm³/mol. The number of aryl methyl sites for hydroxylation is 1. The lowest BCUT2D eigenvalue weighted by Gasteiger charge is -2.05. The van der Waals surface area contributed by atoms with Gasteiger partial charge in [0, 0.05) is 23.3 Å². The highest BCUT2D eigenvalue weighted by Crippen LogP contribution is 2.37. The summed E-state index contributed by atoms with van der Waals surface area (Å²) in [6.45, 7) is 0. The van der Waals surface area contributed by atoms with Gasteiger partial charge in [0.15, 0.2) is 0 Å². The summed E-state index contributed by atoms with van der Waals surface area (Å²) in [5, 5.41) is 4.54. The van der Waals surface area contributed by atoms with Crippen LogP contribution in [0.3, 0.4) is 0 Å². The summed E-state index contributed by atoms with van der Waals surface area (Å²) in [5.74, 6) is 0.606. The number of nitrogen functional groups attached to an aromatic ring is 1. The lowest BCUT2D eigenvalue weighted by atomic mass is 10.0. The second kappa shape index (κ2) is 5.09. The topological polar surface area (TPSA) is 56.7 Å². The molecule has 100 valence electrons. The third-order valence-electron chi connectivity index (χ3n) is 3.14. The van der Waals surface area contributed by atoms with Crippen molar-refractivity contribution in [3.8, 4) is 22.5 Å². The van der Waals surface area contributed by atoms with E-state index in [0.717, 1.165) is 27.0 Å². The predicted octanol–water partition coefficient (Wildman–Crippen LogP) is 3.49. The van der Waals surface area contributed by atoms with E-state index in [1.807, 2.05) is 49.5 Å². The van der Waals surface area contributed by atoms with Crippen molar-refractivity contribution in [3.63, 3.8) is 0 Å². The molecule has 0 saturated heterocycles. The molecule has 20 heavy (non-hydrogen) atoms. The largest absolute Gasteiger partial charge is 0.383 e. The number of pyridine rings is 1. The van der Waals surface area contributed by atoms with Crippen molar-refractivity contribution in [2.75, 3.05) is 5.73 Å². The number of halogens is 1. The fraction of sp³-hybridized carbons (Fsp3) is 0.0667. The van der Waals surface area contributed by atoms with Crippen molar-refractivity contribution in [2.45, 2.75) is 0 Å². The third-order valence-corrected chi connectivity index (χ3v) is 3.83. The first-order valence-electron chi connectivity index (χ1n) is 6.17. The van der Waals surface area contributed by atoms with Gasteiger partial charge in [0.25, 0.3) is 0 Å². The molecule has 1 aromatic carbocycles. The Morgan fingerprint density at radius 1 is 1.10 bits per heavy atom. The molecule has 2 N–H and O–H groups in total. The molecular weight excluding hydrogens is 316 g/mol. The van der Waals surface area contributed by atoms with Gasteiger partial charge in [-0.3, -0.25) is 9.67 Å². The second-order valence-electron chi connectivity index (χ2n) is 4.43. The van der Waals surface area contributed by atoms with Gasteiger partial charge in [0.05, 0.1) is 11.3 Å². The van der Waals surface area contributed by atoms with Crippen LogP contribution in [0.5, 0.6) is 0 Å². The number of nitrogens with two attached hydrogens (primary N) is 1. The molecule has 0 saturated carbocycles. The second-order valence-corrected chi connectivity index (χ2v) is 5.28. The SMILES string of the molecule is Cn1nc(-c2ccccc2Br)c(-c2ccccn2)c1N. The van der Waals surface area contributed by atoms with Gasteiger partial charge in [0.2, 0.25) is 0 Å². The van der Waals surface area contributed by atoms with Crippen LogP contribution in [0.4, 0.5) is 5.82 Å². The van der Waals surface area contributed by atoms with Gasteiger partial charge in [0.1, 0.15) is 11.5 Å². The number of benzene rings is 1. The first-order valence-corrected chi connectivity index (χ1v) is 6.96. The Morgan fingerprint density at radius 2 is 1.85 bits per heavy atom. The Morgan fingerprint density at radius 3 is 2.55 bits per heavy atom. The van der Waals surface area contributed by atoms with E-state index in [0.29, 0.717) is 5.82 Å². The van der Waals surface area contributed by atoms with Gasteiger partial charge in [-0.25, -0.2) is 0 Å². The Labute approximate surface area is 125 Å². The maximum atomic E-state index is 6.17. The van der Waals surface area contributed by atoms with Crippen LogP contribution < -0.4 is 5.73 Å². The highest BCUT2D eigenvalue weighted by Gasteiger charge is 2.19. The summed E-state index contributed by atoms with van der Waals surface area (Å²) in [7, 11) is 1.84. The van der Waals surface area contributed by atoms with Crippen molar-refractivity contribution >= 4 is 21.7 Å². The van der Waals surface area contributed by atoms with Crippen LogP contribution in [0, 0.1) is 0 Å². The number of rotatable bonds is 2. The van der Waals surface area contributed by atoms with E-state index >= 15 is 0 Å². The molecule has 0 radical (unpaired) electrons. The molecule has 0 fully saturated rings. The zero-order valence-corrected chi connectivity index (χ0v) is 12.5. The molecule has 0 aliphatic heterocycles. The fourth-order valence-corrected chi connectivity index (χ4v) is 2.61. The molecular formula is C15H13BrN4. The molecule has 0 spiro atoms. The Hall–Kier alpha value is -2.14. The Bertz CT molecular complexity index is 750. The first-order chi connectivity index (χ1) is 9.68. The molecule has 0 amide bonds. The maximum absolute atomic E-state index is 6.17. The van der Waals surface area contributed by atoms with Gasteiger partial charge in [-0.05, 0) is 18.2 Å². The van der Waals surface area contributed by atoms with Crippen molar-refractivity contribution < 1.29 is 0 Å². The van der Waals surface area contributed by atoms with Crippen LogP contribution in [-0.4, -0.2) is 14.8 Å². The summed E-state index contributed by atoms with van der Waals surface area (Å²) in [5.41, 5.74) is 9.68. The number of aromatic nitrogens is 3. The Kier molecular flexibility index (Phi) is 3.28. The van der Waals surface area contributed by atoms with Crippen LogP contribution >= 0.6 is 15.9 Å². The van der Waals surface area contributed by atoms with E-state index in [1.165, 1.54) is 0 Å². The van der Waals surface area contributed by atoms with Crippen LogP contribution in [-0.2, 0) is 7.05 Å². The van der Waals surface area contributed by atoms with Crippen LogP contribution in [0.25, 0.3) is 22.5 Å². The van der Waals surface area contributed by atoms with E-state index < -0.39 is 0 Å². The lowest BCUT2D eigenvalue weighted by molar-refractivity contribution is 0.782. The number of anilines is 1. The minimum atomic E-state index is 0.606. The molecule has 0 aliphatic carbocycles. The number of hydrogen-bond donors (Lipinski definition) is 1. The van der Waals surface area contributed by atoms with E-state index in [2.05, 4.69) is 26.0 Å². The van der Waals surface area contributed by atoms with Crippen LogP contribution in [0.2, 0.25) is 0 Å². The summed E-state index contributed by atoms with van der Waals surface area (Å²) in [6.07, 6.45) is 1.76. The third kappa shape index (κ3) is 2.10. The molecule has 0 unspecified atom stereocenters. The molecule has 3 rings (SSSR count). The average molecular weight is 329 g/mol. The van der Waals surface area contributed by atoms with Gasteiger partial charge < -0.3 is 5.73 Å². The quantitative estimate of drug-likeness (QED) is 0.783. The smallest absolute Gasteiger partial charge is 0.131 e. The van der Waals surface area contributed by atoms with Crippen LogP contribution in [0.1, 0.15) is 0 Å². The zero-order valence-electron chi connectivity index (χ0n) is 10.9.